The second-order valence-corrected chi connectivity index (χ2v) is 9.60. The molecule has 2 heterocycles. The smallest absolute Gasteiger partial charge is 0.244 e. The highest BCUT2D eigenvalue weighted by molar-refractivity contribution is 7.97. The van der Waals surface area contributed by atoms with E-state index in [-0.39, 0.29) is 13.1 Å². The van der Waals surface area contributed by atoms with Gasteiger partial charge in [0.05, 0.1) is 41.0 Å². The minimum absolute atomic E-state index is 0.106. The molecule has 142 valence electrons. The van der Waals surface area contributed by atoms with E-state index >= 15 is 0 Å². The summed E-state index contributed by atoms with van der Waals surface area (Å²) in [5.74, 6) is 0. The van der Waals surface area contributed by atoms with Crippen LogP contribution in [0.5, 0.6) is 0 Å². The molecule has 0 amide bonds. The summed E-state index contributed by atoms with van der Waals surface area (Å²) in [6.45, 7) is -0.168. The first-order valence-electron chi connectivity index (χ1n) is 7.84. The van der Waals surface area contributed by atoms with E-state index in [4.69, 9.17) is 28.5 Å². The van der Waals surface area contributed by atoms with Crippen LogP contribution >= 0.6 is 35.1 Å². The Bertz CT molecular complexity index is 865. The Morgan fingerprint density at radius 1 is 1.41 bits per heavy atom. The number of nitrogens with zero attached hydrogens (tertiary/aromatic N) is 3. The van der Waals surface area contributed by atoms with Crippen LogP contribution in [0.2, 0.25) is 10.0 Å². The van der Waals surface area contributed by atoms with Crippen molar-refractivity contribution >= 4 is 46.3 Å². The third-order valence-electron chi connectivity index (χ3n) is 4.15. The zero-order valence-corrected chi connectivity index (χ0v) is 17.0. The molecule has 3 atom stereocenters. The van der Waals surface area contributed by atoms with Gasteiger partial charge in [0.2, 0.25) is 5.03 Å². The molecule has 1 aromatic heterocycles. The van der Waals surface area contributed by atoms with Crippen LogP contribution in [0.3, 0.4) is 0 Å². The number of hydrogen-bond donors (Lipinski definition) is 2. The molecular weight excluding hydrogens is 429 g/mol. The van der Waals surface area contributed by atoms with Gasteiger partial charge in [-0.1, -0.05) is 23.2 Å². The molecule has 0 bridgehead atoms. The van der Waals surface area contributed by atoms with Crippen LogP contribution in [0.4, 0.5) is 0 Å². The molecule has 10 heteroatoms. The molecule has 0 saturated carbocycles. The van der Waals surface area contributed by atoms with Gasteiger partial charge >= 0.3 is 0 Å². The molecule has 1 aliphatic rings. The van der Waals surface area contributed by atoms with E-state index in [0.29, 0.717) is 25.5 Å². The van der Waals surface area contributed by atoms with E-state index in [1.54, 1.807) is 34.6 Å². The highest BCUT2D eigenvalue weighted by atomic mass is 35.5. The molecule has 27 heavy (non-hydrogen) atoms. The summed E-state index contributed by atoms with van der Waals surface area (Å²) in [5.41, 5.74) is -1.09. The second-order valence-electron chi connectivity index (χ2n) is 6.03. The molecule has 1 saturated heterocycles. The van der Waals surface area contributed by atoms with Gasteiger partial charge in [0.1, 0.15) is 5.60 Å². The molecular formula is C17H15Cl2N3O3S2. The third-order valence-corrected chi connectivity index (χ3v) is 7.64. The molecule has 0 aliphatic carbocycles. The van der Waals surface area contributed by atoms with E-state index in [2.05, 4.69) is 4.98 Å². The van der Waals surface area contributed by atoms with Gasteiger partial charge in [0, 0.05) is 28.7 Å². The van der Waals surface area contributed by atoms with Crippen molar-refractivity contribution in [2.75, 3.05) is 19.7 Å². The van der Waals surface area contributed by atoms with Crippen molar-refractivity contribution in [1.29, 1.82) is 5.26 Å². The third kappa shape index (κ3) is 4.53. The number of pyridine rings is 1. The van der Waals surface area contributed by atoms with E-state index in [9.17, 15) is 14.8 Å². The van der Waals surface area contributed by atoms with Gasteiger partial charge in [-0.15, -0.1) is 0 Å². The maximum atomic E-state index is 12.9. The van der Waals surface area contributed by atoms with Crippen LogP contribution in [0, 0.1) is 11.3 Å². The van der Waals surface area contributed by atoms with Crippen LogP contribution in [0.1, 0.15) is 5.56 Å². The lowest BCUT2D eigenvalue weighted by Crippen LogP contribution is -2.49. The van der Waals surface area contributed by atoms with Gasteiger partial charge in [-0.05, 0) is 36.2 Å². The molecule has 1 fully saturated rings. The Hall–Kier alpha value is -1.02. The highest BCUT2D eigenvalue weighted by Gasteiger charge is 2.53. The van der Waals surface area contributed by atoms with Crippen molar-refractivity contribution in [1.82, 2.24) is 9.29 Å². The number of rotatable bonds is 5. The summed E-state index contributed by atoms with van der Waals surface area (Å²) in [4.78, 5) is 4.76. The van der Waals surface area contributed by atoms with Gasteiger partial charge < -0.3 is 14.8 Å². The second kappa shape index (κ2) is 8.55. The summed E-state index contributed by atoms with van der Waals surface area (Å²) in [7, 11) is 0. The number of aliphatic hydroxyl groups is 2. The molecule has 1 aliphatic heterocycles. The lowest BCUT2D eigenvalue weighted by molar-refractivity contribution is 0.00203. The van der Waals surface area contributed by atoms with Gasteiger partial charge in [0.15, 0.2) is 5.25 Å². The van der Waals surface area contributed by atoms with Crippen LogP contribution in [0.25, 0.3) is 0 Å². The summed E-state index contributed by atoms with van der Waals surface area (Å²) in [5, 5.41) is 29.9. The fraction of sp³-hybridized carbons (Fsp3) is 0.294. The summed E-state index contributed by atoms with van der Waals surface area (Å²) in [6.07, 6.45) is 1.39. The normalized spacial score (nSPS) is 23.9. The predicted octanol–water partition coefficient (Wildman–Crippen LogP) is 2.48. The van der Waals surface area contributed by atoms with E-state index in [0.717, 1.165) is 0 Å². The van der Waals surface area contributed by atoms with Crippen LogP contribution in [-0.4, -0.2) is 54.6 Å². The standard InChI is InChI=1S/C17H15Cl2N3O3S2/c18-12-2-4-16(21-7-12)27(25)15-8-22(9-17(15,24)10-23)26-14-3-1-11(6-20)5-13(14)19/h1-5,7,15,23-24H,8-10H2/t15-,17?,27?/m0/s1. The number of benzene rings is 1. The molecule has 3 rings (SSSR count). The molecule has 6 nitrogen and oxygen atoms in total. The first-order valence-corrected chi connectivity index (χ1v) is 10.6. The monoisotopic (exact) mass is 443 g/mol. The quantitative estimate of drug-likeness (QED) is 0.540. The van der Waals surface area contributed by atoms with E-state index < -0.39 is 28.6 Å². The van der Waals surface area contributed by atoms with Crippen LogP contribution < -0.4 is 0 Å². The number of hydrogen-bond acceptors (Lipinski definition) is 7. The lowest BCUT2D eigenvalue weighted by atomic mass is 10.1. The topological polar surface area (TPSA) is 103 Å². The van der Waals surface area contributed by atoms with Crippen molar-refractivity contribution in [3.8, 4) is 6.07 Å². The Balaban J connectivity index is 1.79. The van der Waals surface area contributed by atoms with E-state index in [1.165, 1.54) is 18.1 Å². The average molecular weight is 444 g/mol. The molecule has 0 spiro atoms. The summed E-state index contributed by atoms with van der Waals surface area (Å²) < 4.78 is 14.7. The number of halogens is 2. The van der Waals surface area contributed by atoms with Crippen LogP contribution in [-0.2, 0) is 11.2 Å². The van der Waals surface area contributed by atoms with Gasteiger partial charge in [-0.3, -0.25) is 0 Å². The number of aromatic nitrogens is 1. The Morgan fingerprint density at radius 2 is 2.19 bits per heavy atom. The molecule has 0 radical (unpaired) electrons. The minimum atomic E-state index is -1.64. The Labute approximate surface area is 174 Å². The predicted molar refractivity (Wildman–Crippen MR) is 105 cm³/mol. The fourth-order valence-electron chi connectivity index (χ4n) is 2.73. The summed E-state index contributed by atoms with van der Waals surface area (Å²) in [6, 6.07) is 10.1. The maximum Gasteiger partial charge on any atom is 0.244 e. The van der Waals surface area contributed by atoms with Gasteiger partial charge in [0.25, 0.3) is 0 Å². The van der Waals surface area contributed by atoms with Crippen molar-refractivity contribution in [2.24, 2.45) is 0 Å². The Kier molecular flexibility index (Phi) is 6.56. The van der Waals surface area contributed by atoms with E-state index in [1.807, 2.05) is 6.07 Å². The van der Waals surface area contributed by atoms with Crippen molar-refractivity contribution in [2.45, 2.75) is 20.8 Å². The first kappa shape index (κ1) is 20.7. The number of β-amino-alcohol motifs (C(OH)–C–C–N with tert-alkyl or cyclic N) is 1. The van der Waals surface area contributed by atoms with Crippen molar-refractivity contribution < 1.29 is 14.8 Å². The van der Waals surface area contributed by atoms with Gasteiger partial charge in [-0.25, -0.2) is 9.29 Å². The number of aliphatic hydroxyl groups excluding tert-OH is 1. The lowest BCUT2D eigenvalue weighted by Gasteiger charge is -2.27. The molecule has 1 aromatic carbocycles. The van der Waals surface area contributed by atoms with Crippen LogP contribution in [0.15, 0.2) is 46.5 Å². The zero-order chi connectivity index (χ0) is 19.6. The molecule has 2 aromatic rings. The fourth-order valence-corrected chi connectivity index (χ4v) is 5.79. The summed E-state index contributed by atoms with van der Waals surface area (Å²) >= 11 is 11.7. The largest absolute Gasteiger partial charge is 0.610 e. The Morgan fingerprint density at radius 3 is 2.78 bits per heavy atom. The minimum Gasteiger partial charge on any atom is -0.610 e. The highest BCUT2D eigenvalue weighted by Crippen LogP contribution is 2.38. The zero-order valence-electron chi connectivity index (χ0n) is 13.9. The molecule has 2 unspecified atom stereocenters. The number of nitriles is 1. The van der Waals surface area contributed by atoms with Gasteiger partial charge in [-0.2, -0.15) is 5.26 Å². The maximum absolute atomic E-state index is 12.9. The van der Waals surface area contributed by atoms with Crippen molar-refractivity contribution in [3.05, 3.63) is 52.1 Å². The first-order chi connectivity index (χ1) is 12.9. The average Bonchev–Trinajstić information content (AvgIpc) is 3.00. The molecule has 2 N–H and O–H groups in total. The van der Waals surface area contributed by atoms with Crippen molar-refractivity contribution in [3.63, 3.8) is 0 Å². The SMILES string of the molecule is N#Cc1ccc(SN2C[C@H]([S+]([O-])c3ccc(Cl)cn3)C(O)(CO)C2)c(Cl)c1.